The van der Waals surface area contributed by atoms with Crippen LogP contribution in [0, 0.1) is 18.8 Å². The van der Waals surface area contributed by atoms with Crippen LogP contribution in [0.4, 0.5) is 5.82 Å². The van der Waals surface area contributed by atoms with E-state index in [0.29, 0.717) is 13.2 Å². The Labute approximate surface area is 171 Å². The summed E-state index contributed by atoms with van der Waals surface area (Å²) in [5.74, 6) is 8.36. The number of rotatable bonds is 5. The van der Waals surface area contributed by atoms with Gasteiger partial charge in [-0.25, -0.2) is 4.98 Å². The fourth-order valence-electron chi connectivity index (χ4n) is 3.45. The highest BCUT2D eigenvalue weighted by Gasteiger charge is 2.23. The van der Waals surface area contributed by atoms with Gasteiger partial charge in [-0.15, -0.1) is 0 Å². The van der Waals surface area contributed by atoms with E-state index in [4.69, 9.17) is 4.98 Å². The van der Waals surface area contributed by atoms with Crippen LogP contribution in [0.1, 0.15) is 37.1 Å². The summed E-state index contributed by atoms with van der Waals surface area (Å²) in [5, 5.41) is 4.50. The van der Waals surface area contributed by atoms with E-state index in [2.05, 4.69) is 64.3 Å². The number of aliphatic imine (C=N–C) groups is 1. The average Bonchev–Trinajstić information content (AvgIpc) is 3.34. The number of anilines is 1. The van der Waals surface area contributed by atoms with Crippen LogP contribution in [0.5, 0.6) is 0 Å². The summed E-state index contributed by atoms with van der Waals surface area (Å²) < 4.78 is 4.12. The first-order chi connectivity index (χ1) is 14.2. The molecule has 6 heteroatoms. The molecule has 1 aliphatic rings. The summed E-state index contributed by atoms with van der Waals surface area (Å²) in [6.07, 6.45) is 6.88. The second-order valence-electron chi connectivity index (χ2n) is 7.20. The third-order valence-electron chi connectivity index (χ3n) is 5.00. The number of imidazole rings is 1. The molecule has 148 valence electrons. The summed E-state index contributed by atoms with van der Waals surface area (Å²) in [4.78, 5) is 11.6. The molecule has 0 aliphatic carbocycles. The van der Waals surface area contributed by atoms with Gasteiger partial charge in [0, 0.05) is 24.8 Å². The molecule has 1 aliphatic heterocycles. The minimum absolute atomic E-state index is 0.546. The van der Waals surface area contributed by atoms with Crippen LogP contribution in [-0.4, -0.2) is 38.8 Å². The predicted molar refractivity (Wildman–Crippen MR) is 117 cm³/mol. The van der Waals surface area contributed by atoms with Gasteiger partial charge in [-0.2, -0.15) is 5.10 Å². The van der Waals surface area contributed by atoms with Crippen molar-refractivity contribution in [2.75, 3.05) is 18.1 Å². The summed E-state index contributed by atoms with van der Waals surface area (Å²) in [5.41, 5.74) is 4.36. The number of fused-ring (bicyclic) bond motifs is 1. The van der Waals surface area contributed by atoms with Crippen molar-refractivity contribution in [2.24, 2.45) is 4.99 Å². The average molecular weight is 387 g/mol. The minimum Gasteiger partial charge on any atom is -0.336 e. The highest BCUT2D eigenvalue weighted by Crippen LogP contribution is 2.29. The molecule has 4 rings (SSSR count). The van der Waals surface area contributed by atoms with Gasteiger partial charge in [0.1, 0.15) is 24.7 Å². The molecule has 3 aromatic rings. The molecule has 29 heavy (non-hydrogen) atoms. The first-order valence-corrected chi connectivity index (χ1v) is 10.1. The molecule has 0 spiro atoms. The molecule has 0 unspecified atom stereocenters. The van der Waals surface area contributed by atoms with E-state index in [-0.39, 0.29) is 0 Å². The number of aromatic nitrogens is 4. The fraction of sp³-hybridized carbons (Fsp3) is 0.348. The van der Waals surface area contributed by atoms with Crippen molar-refractivity contribution in [3.05, 3.63) is 53.5 Å². The lowest BCUT2D eigenvalue weighted by atomic mass is 10.2. The van der Waals surface area contributed by atoms with Gasteiger partial charge in [0.25, 0.3) is 0 Å². The molecule has 1 aromatic carbocycles. The van der Waals surface area contributed by atoms with Crippen molar-refractivity contribution in [1.29, 1.82) is 0 Å². The first-order valence-electron chi connectivity index (χ1n) is 10.1. The quantitative estimate of drug-likeness (QED) is 0.628. The molecule has 0 N–H and O–H groups in total. The zero-order valence-corrected chi connectivity index (χ0v) is 17.3. The second kappa shape index (κ2) is 8.36. The van der Waals surface area contributed by atoms with Crippen LogP contribution in [0.15, 0.2) is 41.7 Å². The van der Waals surface area contributed by atoms with Gasteiger partial charge in [-0.3, -0.25) is 9.67 Å². The maximum absolute atomic E-state index is 4.95. The monoisotopic (exact) mass is 386 g/mol. The maximum atomic E-state index is 4.95. The van der Waals surface area contributed by atoms with Crippen LogP contribution in [0.3, 0.4) is 0 Å². The molecule has 0 bridgehead atoms. The van der Waals surface area contributed by atoms with Crippen LogP contribution >= 0.6 is 0 Å². The van der Waals surface area contributed by atoms with E-state index < -0.39 is 0 Å². The van der Waals surface area contributed by atoms with E-state index in [0.717, 1.165) is 48.0 Å². The van der Waals surface area contributed by atoms with E-state index in [1.807, 2.05) is 35.4 Å². The lowest BCUT2D eigenvalue weighted by Gasteiger charge is -2.22. The summed E-state index contributed by atoms with van der Waals surface area (Å²) in [7, 11) is 0. The second-order valence-corrected chi connectivity index (χ2v) is 7.20. The maximum Gasteiger partial charge on any atom is 0.158 e. The molecule has 3 heterocycles. The van der Waals surface area contributed by atoms with Gasteiger partial charge >= 0.3 is 0 Å². The van der Waals surface area contributed by atoms with Gasteiger partial charge in [-0.1, -0.05) is 36.5 Å². The van der Waals surface area contributed by atoms with Crippen molar-refractivity contribution in [1.82, 2.24) is 19.3 Å². The first kappa shape index (κ1) is 19.0. The highest BCUT2D eigenvalue weighted by atomic mass is 15.3. The van der Waals surface area contributed by atoms with Crippen molar-refractivity contribution in [3.8, 4) is 23.2 Å². The topological polar surface area (TPSA) is 51.2 Å². The van der Waals surface area contributed by atoms with Gasteiger partial charge in [-0.05, 0) is 32.4 Å². The van der Waals surface area contributed by atoms with Gasteiger partial charge in [0.15, 0.2) is 5.82 Å². The Morgan fingerprint density at radius 3 is 2.72 bits per heavy atom. The van der Waals surface area contributed by atoms with E-state index in [9.17, 15) is 0 Å². The van der Waals surface area contributed by atoms with E-state index in [1.54, 1.807) is 0 Å². The van der Waals surface area contributed by atoms with Crippen LogP contribution in [-0.2, 0) is 13.1 Å². The molecule has 0 radical (unpaired) electrons. The smallest absolute Gasteiger partial charge is 0.158 e. The Kier molecular flexibility index (Phi) is 5.48. The Morgan fingerprint density at radius 1 is 1.14 bits per heavy atom. The Morgan fingerprint density at radius 2 is 1.97 bits per heavy atom. The number of nitrogens with zero attached hydrogens (tertiary/aromatic N) is 6. The Balaban J connectivity index is 1.59. The molecule has 2 aromatic heterocycles. The normalized spacial score (nSPS) is 12.6. The van der Waals surface area contributed by atoms with Crippen molar-refractivity contribution >= 4 is 12.0 Å². The zero-order valence-electron chi connectivity index (χ0n) is 17.3. The molecule has 0 saturated carbocycles. The number of benzene rings is 1. The van der Waals surface area contributed by atoms with Crippen LogP contribution < -0.4 is 4.90 Å². The Hall–Kier alpha value is -3.33. The van der Waals surface area contributed by atoms with Crippen molar-refractivity contribution in [2.45, 2.75) is 40.3 Å². The molecular formula is C23H26N6. The molecular weight excluding hydrogens is 360 g/mol. The van der Waals surface area contributed by atoms with Gasteiger partial charge in [0.05, 0.1) is 18.0 Å². The number of aryl methyl sites for hydroxylation is 1. The zero-order chi connectivity index (χ0) is 20.2. The summed E-state index contributed by atoms with van der Waals surface area (Å²) in [6, 6.07) is 8.25. The fourth-order valence-corrected chi connectivity index (χ4v) is 3.45. The molecule has 0 amide bonds. The third kappa shape index (κ3) is 3.95. The summed E-state index contributed by atoms with van der Waals surface area (Å²) >= 11 is 0. The Bertz CT molecular complexity index is 1080. The lowest BCUT2D eigenvalue weighted by Crippen LogP contribution is -2.27. The SMILES string of the molecule is CCCn1c(-c2cnn(CC#Cc3ccc(C)cc3)c2)nc2c1C=NCN2CC. The molecule has 0 atom stereocenters. The highest BCUT2D eigenvalue weighted by molar-refractivity contribution is 5.88. The van der Waals surface area contributed by atoms with Gasteiger partial charge in [0.2, 0.25) is 0 Å². The molecule has 0 saturated heterocycles. The number of hydrogen-bond donors (Lipinski definition) is 0. The van der Waals surface area contributed by atoms with Crippen molar-refractivity contribution in [3.63, 3.8) is 0 Å². The molecule has 6 nitrogen and oxygen atoms in total. The van der Waals surface area contributed by atoms with E-state index in [1.165, 1.54) is 5.56 Å². The minimum atomic E-state index is 0.546. The van der Waals surface area contributed by atoms with Gasteiger partial charge < -0.3 is 9.47 Å². The van der Waals surface area contributed by atoms with Crippen LogP contribution in [0.2, 0.25) is 0 Å². The lowest BCUT2D eigenvalue weighted by molar-refractivity contribution is 0.679. The number of hydrogen-bond acceptors (Lipinski definition) is 4. The third-order valence-corrected chi connectivity index (χ3v) is 5.00. The predicted octanol–water partition coefficient (Wildman–Crippen LogP) is 3.73. The van der Waals surface area contributed by atoms with Crippen LogP contribution in [0.25, 0.3) is 11.4 Å². The largest absolute Gasteiger partial charge is 0.336 e. The summed E-state index contributed by atoms with van der Waals surface area (Å²) in [6.45, 7) is 9.39. The van der Waals surface area contributed by atoms with Crippen molar-refractivity contribution < 1.29 is 0 Å². The standard InChI is InChI=1S/C23H26N6/c1-4-12-29-21-15-24-17-27(5-2)23(21)26-22(29)20-14-25-28(16-20)13-6-7-19-10-8-18(3)9-11-19/h8-11,14-16H,4-5,12-13,17H2,1-3H3. The molecule has 0 fully saturated rings. The van der Waals surface area contributed by atoms with E-state index >= 15 is 0 Å².